The van der Waals surface area contributed by atoms with Crippen molar-refractivity contribution in [1.29, 1.82) is 0 Å². The monoisotopic (exact) mass is 422 g/mol. The smallest absolute Gasteiger partial charge is 0.338 e. The van der Waals surface area contributed by atoms with Crippen molar-refractivity contribution < 1.29 is 28.5 Å². The SMILES string of the molecule is C=C(C)C(=O)O/C(Cc1ccc(Oc2ccccc2C)cc1)=C(/C)C(=O)OCC1CO1. The van der Waals surface area contributed by atoms with Gasteiger partial charge in [0.25, 0.3) is 0 Å². The zero-order valence-electron chi connectivity index (χ0n) is 18.0. The van der Waals surface area contributed by atoms with Crippen LogP contribution in [-0.4, -0.2) is 31.3 Å². The minimum atomic E-state index is -0.591. The number of rotatable bonds is 9. The summed E-state index contributed by atoms with van der Waals surface area (Å²) in [6.45, 7) is 9.48. The highest BCUT2D eigenvalue weighted by atomic mass is 16.6. The van der Waals surface area contributed by atoms with Crippen molar-refractivity contribution in [3.8, 4) is 11.5 Å². The van der Waals surface area contributed by atoms with Crippen LogP contribution in [0.1, 0.15) is 25.0 Å². The van der Waals surface area contributed by atoms with Crippen LogP contribution in [0.5, 0.6) is 11.5 Å². The van der Waals surface area contributed by atoms with Crippen LogP contribution in [0.15, 0.2) is 72.0 Å². The fourth-order valence-corrected chi connectivity index (χ4v) is 2.66. The summed E-state index contributed by atoms with van der Waals surface area (Å²) >= 11 is 0. The average Bonchev–Trinajstić information content (AvgIpc) is 3.58. The minimum Gasteiger partial charge on any atom is -0.459 e. The van der Waals surface area contributed by atoms with E-state index in [0.717, 1.165) is 16.9 Å². The van der Waals surface area contributed by atoms with Gasteiger partial charge in [-0.3, -0.25) is 0 Å². The molecule has 1 fully saturated rings. The zero-order valence-corrected chi connectivity index (χ0v) is 18.0. The number of epoxide rings is 1. The summed E-state index contributed by atoms with van der Waals surface area (Å²) in [7, 11) is 0. The maximum absolute atomic E-state index is 12.4. The molecule has 0 spiro atoms. The first kappa shape index (κ1) is 22.3. The molecule has 0 aromatic heterocycles. The van der Waals surface area contributed by atoms with Crippen LogP contribution >= 0.6 is 0 Å². The molecule has 0 saturated carbocycles. The van der Waals surface area contributed by atoms with Crippen molar-refractivity contribution >= 4 is 11.9 Å². The van der Waals surface area contributed by atoms with Gasteiger partial charge in [0.1, 0.15) is 30.0 Å². The molecule has 6 nitrogen and oxygen atoms in total. The molecule has 1 saturated heterocycles. The van der Waals surface area contributed by atoms with E-state index < -0.39 is 11.9 Å². The van der Waals surface area contributed by atoms with E-state index in [-0.39, 0.29) is 36.0 Å². The fourth-order valence-electron chi connectivity index (χ4n) is 2.66. The number of esters is 2. The second kappa shape index (κ2) is 10.1. The number of benzene rings is 2. The number of aryl methyl sites for hydroxylation is 1. The molecule has 2 aromatic carbocycles. The number of carbonyl (C=O) groups excluding carboxylic acids is 2. The van der Waals surface area contributed by atoms with Gasteiger partial charge in [0.2, 0.25) is 0 Å². The highest BCUT2D eigenvalue weighted by molar-refractivity contribution is 5.91. The van der Waals surface area contributed by atoms with Crippen molar-refractivity contribution in [3.05, 3.63) is 83.1 Å². The van der Waals surface area contributed by atoms with E-state index in [1.54, 1.807) is 13.8 Å². The van der Waals surface area contributed by atoms with Crippen molar-refractivity contribution in [3.63, 3.8) is 0 Å². The van der Waals surface area contributed by atoms with Crippen molar-refractivity contribution in [1.82, 2.24) is 0 Å². The first-order valence-corrected chi connectivity index (χ1v) is 10.0. The van der Waals surface area contributed by atoms with Gasteiger partial charge in [-0.25, -0.2) is 9.59 Å². The van der Waals surface area contributed by atoms with Crippen LogP contribution in [0, 0.1) is 6.92 Å². The van der Waals surface area contributed by atoms with Gasteiger partial charge in [0.15, 0.2) is 0 Å². The molecule has 0 amide bonds. The van der Waals surface area contributed by atoms with Gasteiger partial charge in [0, 0.05) is 12.0 Å². The normalized spacial score (nSPS) is 15.5. The summed E-state index contributed by atoms with van der Waals surface area (Å²) in [6, 6.07) is 15.1. The van der Waals surface area contributed by atoms with E-state index >= 15 is 0 Å². The molecule has 6 heteroatoms. The molecule has 1 unspecified atom stereocenters. The molecule has 0 aliphatic carbocycles. The first-order valence-electron chi connectivity index (χ1n) is 10.0. The van der Waals surface area contributed by atoms with Gasteiger partial charge in [-0.05, 0) is 50.1 Å². The largest absolute Gasteiger partial charge is 0.459 e. The van der Waals surface area contributed by atoms with Gasteiger partial charge in [-0.15, -0.1) is 0 Å². The van der Waals surface area contributed by atoms with Crippen molar-refractivity contribution in [2.45, 2.75) is 33.3 Å². The Bertz CT molecular complexity index is 999. The molecular weight excluding hydrogens is 396 g/mol. The predicted molar refractivity (Wildman–Crippen MR) is 116 cm³/mol. The number of hydrogen-bond donors (Lipinski definition) is 0. The summed E-state index contributed by atoms with van der Waals surface area (Å²) in [5.74, 6) is 0.557. The maximum Gasteiger partial charge on any atom is 0.338 e. The van der Waals surface area contributed by atoms with Crippen LogP contribution in [0.25, 0.3) is 0 Å². The third-order valence-electron chi connectivity index (χ3n) is 4.70. The predicted octanol–water partition coefficient (Wildman–Crippen LogP) is 4.67. The quantitative estimate of drug-likeness (QED) is 0.253. The second-order valence-electron chi connectivity index (χ2n) is 7.46. The summed E-state index contributed by atoms with van der Waals surface area (Å²) in [5.41, 5.74) is 2.36. The molecule has 162 valence electrons. The van der Waals surface area contributed by atoms with E-state index in [1.165, 1.54) is 0 Å². The molecule has 1 aliphatic rings. The topological polar surface area (TPSA) is 74.4 Å². The second-order valence-corrected chi connectivity index (χ2v) is 7.46. The van der Waals surface area contributed by atoms with Gasteiger partial charge >= 0.3 is 11.9 Å². The molecule has 0 bridgehead atoms. The lowest BCUT2D eigenvalue weighted by Gasteiger charge is -2.13. The maximum atomic E-state index is 12.4. The number of allylic oxidation sites excluding steroid dienone is 1. The Hall–Kier alpha value is -3.38. The number of carbonyl (C=O) groups is 2. The first-order chi connectivity index (χ1) is 14.8. The van der Waals surface area contributed by atoms with Gasteiger partial charge < -0.3 is 18.9 Å². The Morgan fingerprint density at radius 2 is 1.74 bits per heavy atom. The standard InChI is InChI=1S/C25H26O6/c1-16(2)24(26)31-23(18(4)25(27)29-15-21-14-28-21)13-19-9-11-20(12-10-19)30-22-8-6-5-7-17(22)3/h5-12,21H,1,13-15H2,2-4H3/b23-18-. The van der Waals surface area contributed by atoms with Crippen LogP contribution in [0.2, 0.25) is 0 Å². The number of ether oxygens (including phenoxy) is 4. The Morgan fingerprint density at radius 1 is 1.06 bits per heavy atom. The van der Waals surface area contributed by atoms with Gasteiger partial charge in [-0.2, -0.15) is 0 Å². The Labute approximate surface area is 182 Å². The van der Waals surface area contributed by atoms with E-state index in [0.29, 0.717) is 12.4 Å². The number of para-hydroxylation sites is 1. The van der Waals surface area contributed by atoms with Gasteiger partial charge in [0.05, 0.1) is 12.2 Å². The number of hydrogen-bond acceptors (Lipinski definition) is 6. The molecular formula is C25H26O6. The Kier molecular flexibility index (Phi) is 7.26. The molecule has 2 aromatic rings. The van der Waals surface area contributed by atoms with Crippen LogP contribution < -0.4 is 4.74 Å². The van der Waals surface area contributed by atoms with Crippen molar-refractivity contribution in [2.24, 2.45) is 0 Å². The minimum absolute atomic E-state index is 0.0426. The van der Waals surface area contributed by atoms with Crippen LogP contribution in [0.3, 0.4) is 0 Å². The molecule has 1 aliphatic heterocycles. The van der Waals surface area contributed by atoms with E-state index in [2.05, 4.69) is 6.58 Å². The summed E-state index contributed by atoms with van der Waals surface area (Å²) in [5, 5.41) is 0. The molecule has 1 heterocycles. The van der Waals surface area contributed by atoms with E-state index in [4.69, 9.17) is 18.9 Å². The molecule has 3 rings (SSSR count). The highest BCUT2D eigenvalue weighted by Gasteiger charge is 2.25. The Morgan fingerprint density at radius 3 is 2.35 bits per heavy atom. The average molecular weight is 422 g/mol. The lowest BCUT2D eigenvalue weighted by molar-refractivity contribution is -0.140. The molecule has 0 radical (unpaired) electrons. The summed E-state index contributed by atoms with van der Waals surface area (Å²) in [6.07, 6.45) is 0.198. The van der Waals surface area contributed by atoms with Gasteiger partial charge in [-0.1, -0.05) is 36.9 Å². The fraction of sp³-hybridized carbons (Fsp3) is 0.280. The summed E-state index contributed by atoms with van der Waals surface area (Å²) < 4.78 is 21.6. The third-order valence-corrected chi connectivity index (χ3v) is 4.70. The molecule has 31 heavy (non-hydrogen) atoms. The zero-order chi connectivity index (χ0) is 22.4. The lowest BCUT2D eigenvalue weighted by atomic mass is 10.1. The van der Waals surface area contributed by atoms with Crippen LogP contribution in [0.4, 0.5) is 0 Å². The lowest BCUT2D eigenvalue weighted by Crippen LogP contribution is -2.16. The highest BCUT2D eigenvalue weighted by Crippen LogP contribution is 2.26. The third kappa shape index (κ3) is 6.55. The van der Waals surface area contributed by atoms with E-state index in [9.17, 15) is 9.59 Å². The van der Waals surface area contributed by atoms with Crippen LogP contribution in [-0.2, 0) is 30.2 Å². The molecule has 0 N–H and O–H groups in total. The van der Waals surface area contributed by atoms with E-state index in [1.807, 2.05) is 55.5 Å². The van der Waals surface area contributed by atoms with Crippen molar-refractivity contribution in [2.75, 3.05) is 13.2 Å². The Balaban J connectivity index is 1.73. The molecule has 1 atom stereocenters. The summed E-state index contributed by atoms with van der Waals surface area (Å²) in [4.78, 5) is 24.5.